The van der Waals surface area contributed by atoms with E-state index in [1.165, 1.54) is 130 Å². The summed E-state index contributed by atoms with van der Waals surface area (Å²) in [6.07, 6.45) is 5.62. The van der Waals surface area contributed by atoms with Crippen molar-refractivity contribution < 1.29 is 122 Å². The van der Waals surface area contributed by atoms with E-state index < -0.39 is 55.4 Å². The van der Waals surface area contributed by atoms with E-state index in [0.717, 1.165) is 5.56 Å². The first kappa shape index (κ1) is 125. The second kappa shape index (κ2) is 94.1. The number of halogens is 1. The van der Waals surface area contributed by atoms with Crippen LogP contribution in [0.5, 0.6) is 0 Å². The number of benzene rings is 8. The molecule has 4 N–H and O–H groups in total. The molecule has 612 valence electrons. The molecule has 3 amide bonds. The molecule has 1 heterocycles. The molecule has 27 heteroatoms. The van der Waals surface area contributed by atoms with Gasteiger partial charge in [0, 0.05) is 103 Å². The Kier molecular flexibility index (Phi) is 107. The summed E-state index contributed by atoms with van der Waals surface area (Å²) in [6, 6.07) is 72.1. The first-order chi connectivity index (χ1) is 51.4. The fourth-order valence-corrected chi connectivity index (χ4v) is 6.98. The van der Waals surface area contributed by atoms with E-state index in [-0.39, 0.29) is 94.1 Å². The summed E-state index contributed by atoms with van der Waals surface area (Å²) in [4.78, 5) is 41.6. The van der Waals surface area contributed by atoms with Crippen molar-refractivity contribution in [2.24, 2.45) is 0 Å². The molecule has 0 saturated heterocycles. The Hall–Kier alpha value is -5.51. The molecule has 0 saturated carbocycles. The Morgan fingerprint density at radius 1 is 0.464 bits per heavy atom. The summed E-state index contributed by atoms with van der Waals surface area (Å²) in [7, 11) is 8.39. The van der Waals surface area contributed by atoms with E-state index >= 15 is 0 Å². The van der Waals surface area contributed by atoms with E-state index in [9.17, 15) is 30.6 Å². The minimum Gasteiger partial charge on any atom is -0.532 e. The third kappa shape index (κ3) is 93.1. The maximum atomic E-state index is 10.4. The van der Waals surface area contributed by atoms with E-state index in [1.807, 2.05) is 126 Å². The summed E-state index contributed by atoms with van der Waals surface area (Å²) in [5.74, 6) is 1.06. The quantitative estimate of drug-likeness (QED) is 0.0532. The zero-order valence-electron chi connectivity index (χ0n) is 70.3. The van der Waals surface area contributed by atoms with Gasteiger partial charge in [0.25, 0.3) is 0 Å². The van der Waals surface area contributed by atoms with Crippen molar-refractivity contribution in [3.8, 4) is 11.4 Å². The average molecular weight is 1790 g/mol. The number of nitrogens with zero attached hydrogens (tertiary/aromatic N) is 3. The molecular formula is C83H128ClN6O13S5Y2-. The predicted molar refractivity (Wildman–Crippen MR) is 465 cm³/mol. The number of aryl methyl sites for hydroxylation is 9. The summed E-state index contributed by atoms with van der Waals surface area (Å²) in [6.45, 7) is 37.9. The molecule has 0 bridgehead atoms. The van der Waals surface area contributed by atoms with Gasteiger partial charge in [0.1, 0.15) is 17.5 Å². The van der Waals surface area contributed by atoms with Gasteiger partial charge in [-0.05, 0) is 114 Å². The Morgan fingerprint density at radius 3 is 1.01 bits per heavy atom. The second-order valence-electron chi connectivity index (χ2n) is 20.3. The molecule has 5 atom stereocenters. The number of fused-ring (bicyclic) bond motifs is 1. The topological polar surface area (TPSA) is 268 Å². The van der Waals surface area contributed by atoms with Crippen LogP contribution in [0.25, 0.3) is 22.2 Å². The van der Waals surface area contributed by atoms with E-state index in [2.05, 4.69) is 244 Å². The molecular weight excluding hydrogens is 1660 g/mol. The van der Waals surface area contributed by atoms with Crippen LogP contribution in [0, 0.1) is 62.3 Å². The van der Waals surface area contributed by atoms with Crippen LogP contribution in [0.3, 0.4) is 0 Å². The fraction of sp³-hybridized carbons (Fsp3) is 0.373. The van der Waals surface area contributed by atoms with Gasteiger partial charge in [-0.2, -0.15) is 11.4 Å². The second-order valence-corrected chi connectivity index (χ2v) is 26.6. The van der Waals surface area contributed by atoms with Gasteiger partial charge in [0.15, 0.2) is 61.2 Å². The molecule has 0 fully saturated rings. The van der Waals surface area contributed by atoms with Crippen LogP contribution < -0.4 is 16.0 Å². The summed E-state index contributed by atoms with van der Waals surface area (Å²) in [5, 5.41) is 9.65. The Balaban J connectivity index is -0.000000123. The van der Waals surface area contributed by atoms with Gasteiger partial charge in [0.05, 0.1) is 28.4 Å². The molecule has 5 unspecified atom stereocenters. The van der Waals surface area contributed by atoms with Crippen LogP contribution in [0.4, 0.5) is 0 Å². The predicted octanol–water partition coefficient (Wildman–Crippen LogP) is 18.5. The number of rotatable bonds is 11. The summed E-state index contributed by atoms with van der Waals surface area (Å²) < 4.78 is 74.7. The molecule has 19 nitrogen and oxygen atoms in total. The molecule has 0 aliphatic carbocycles. The van der Waals surface area contributed by atoms with Crippen molar-refractivity contribution in [3.63, 3.8) is 0 Å². The minimum absolute atomic E-state index is 0. The van der Waals surface area contributed by atoms with Crippen molar-refractivity contribution in [3.05, 3.63) is 268 Å². The third-order valence-electron chi connectivity index (χ3n) is 11.5. The van der Waals surface area contributed by atoms with Crippen LogP contribution in [0.15, 0.2) is 212 Å². The average Bonchev–Trinajstić information content (AvgIpc) is 0.860. The minimum atomic E-state index is -1.57. The van der Waals surface area contributed by atoms with E-state index in [4.69, 9.17) is 20.9 Å². The normalized spacial score (nSPS) is 9.94. The van der Waals surface area contributed by atoms with Gasteiger partial charge < -0.3 is 25.3 Å². The van der Waals surface area contributed by atoms with Gasteiger partial charge >= 0.3 is 0 Å². The molecule has 9 rings (SSSR count). The smallest absolute Gasteiger partial charge is 0.234 e. The number of carbonyl (C=O) groups excluding carboxylic acids is 3. The van der Waals surface area contributed by atoms with E-state index in [1.54, 1.807) is 13.8 Å². The molecule has 0 aliphatic heterocycles. The van der Waals surface area contributed by atoms with Crippen molar-refractivity contribution in [1.82, 2.24) is 30.9 Å². The molecule has 1 aromatic heterocycles. The summed E-state index contributed by atoms with van der Waals surface area (Å²) >= 11 is -0.828. The molecule has 8 aromatic carbocycles. The Bertz CT molecular complexity index is 3430. The van der Waals surface area contributed by atoms with Gasteiger partial charge in [0.2, 0.25) is 17.1 Å². The standard InChI is InChI=1S/C11H10.C10H8ClN3.2C8H10.3C7H8.2C4H9NO3S.C3H8.C2H4NO.3C2H6O2S.3C2H6.2Y/c1-9-6-7-10-4-2-3-5-11(10)8-9;1-7-12-9(14-10(11)13-7)8-5-3-2-4-6-8;2*1-7-5-3-4-6-8(7)2;3*1-7-5-3-2-4-6-7;1-5-4(6)3-9(7)8-2;1-4(6)5-3-9(7)8-2;1-3-2;1-3-2-4;2*1-4-5(2)3;1-2-5(3)4;3*1-2;;/h2-8H,1H3;2-6H,1H3;2*3-6H,1-2H3;3*2-6H,1H3;2*3H2,1-2H3,(H,5,6);3H2,1-2H3;1H3,(H,3,4);2*1-2H3;2H2,1H3,(H,3,4);3*1-2H3;;/q;;;;;;;;;;-1;;;;;;;;. The molecule has 110 heavy (non-hydrogen) atoms. The maximum Gasteiger partial charge on any atom is 0.234 e. The van der Waals surface area contributed by atoms with Crippen LogP contribution >= 0.6 is 11.6 Å². The number of carbonyl (C=O) groups is 2. The molecule has 9 aromatic rings. The number of amides is 3. The molecule has 2 radical (unpaired) electrons. The van der Waals surface area contributed by atoms with Gasteiger partial charge in [-0.15, -0.1) is 0 Å². The number of hydrogen-bond donors (Lipinski definition) is 4. The summed E-state index contributed by atoms with van der Waals surface area (Å²) in [5.41, 5.74) is 11.7. The van der Waals surface area contributed by atoms with Crippen LogP contribution in [0.2, 0.25) is 5.28 Å². The van der Waals surface area contributed by atoms with Gasteiger partial charge in [-0.1, -0.05) is 303 Å². The Morgan fingerprint density at radius 2 is 0.764 bits per heavy atom. The fourth-order valence-electron chi connectivity index (χ4n) is 5.86. The monoisotopic (exact) mass is 1790 g/mol. The largest absolute Gasteiger partial charge is 0.532 e. The number of aromatic nitrogens is 3. The van der Waals surface area contributed by atoms with Crippen molar-refractivity contribution in [2.45, 2.75) is 138 Å². The Labute approximate surface area is 731 Å². The zero-order chi connectivity index (χ0) is 84.5. The SMILES string of the molecule is CC.CC.CC.CCC.CCS(=O)O.CNC(=O)CS(=O)OC.CN[C-]=O.COS(=O)CNC(C)=O.COS(C)=O.COS(C)=O.Cc1ccc2ccccc2c1.Cc1ccccc1.Cc1ccccc1.Cc1ccccc1.Cc1ccccc1C.Cc1ccccc1C.Cc1nc(Cl)nc(-c2ccccc2)n1.[Y].[Y]. The van der Waals surface area contributed by atoms with Gasteiger partial charge in [-0.25, -0.2) is 31.0 Å². The van der Waals surface area contributed by atoms with Crippen molar-refractivity contribution in [1.29, 1.82) is 0 Å². The number of nitrogens with one attached hydrogen (secondary N) is 3. The van der Waals surface area contributed by atoms with Crippen molar-refractivity contribution in [2.75, 3.05) is 72.4 Å². The van der Waals surface area contributed by atoms with Crippen LogP contribution in [0.1, 0.15) is 126 Å². The van der Waals surface area contributed by atoms with Crippen LogP contribution in [-0.4, -0.2) is 131 Å². The first-order valence-electron chi connectivity index (χ1n) is 34.6. The third-order valence-corrected chi connectivity index (χ3v) is 14.7. The van der Waals surface area contributed by atoms with Crippen molar-refractivity contribution >= 4 is 96.0 Å². The number of hydrogen-bond acceptors (Lipinski definition) is 15. The molecule has 0 spiro atoms. The first-order valence-corrected chi connectivity index (χ1v) is 41.7. The van der Waals surface area contributed by atoms with Gasteiger partial charge in [-0.3, -0.25) is 26.3 Å². The maximum absolute atomic E-state index is 10.4. The van der Waals surface area contributed by atoms with Crippen LogP contribution in [-0.2, 0) is 152 Å². The van der Waals surface area contributed by atoms with E-state index in [0.29, 0.717) is 17.4 Å². The zero-order valence-corrected chi connectivity index (χ0v) is 80.8. The molecule has 0 aliphatic rings.